The van der Waals surface area contributed by atoms with E-state index in [4.69, 9.17) is 0 Å². The van der Waals surface area contributed by atoms with Crippen molar-refractivity contribution in [2.75, 3.05) is 0 Å². The van der Waals surface area contributed by atoms with E-state index in [1.807, 2.05) is 56.5 Å². The van der Waals surface area contributed by atoms with Gasteiger partial charge in [-0.25, -0.2) is 4.98 Å². The Balaban J connectivity index is 1.66. The van der Waals surface area contributed by atoms with Crippen LogP contribution in [0, 0.1) is 27.7 Å². The van der Waals surface area contributed by atoms with Crippen LogP contribution in [0.2, 0.25) is 0 Å². The van der Waals surface area contributed by atoms with Gasteiger partial charge < -0.3 is 15.0 Å². The second-order valence-electron chi connectivity index (χ2n) is 6.77. The highest BCUT2D eigenvalue weighted by Gasteiger charge is 2.25. The molecular weight excluding hydrogens is 404 g/mol. The Morgan fingerprint density at radius 2 is 1.97 bits per heavy atom. The molecule has 3 heterocycles. The van der Waals surface area contributed by atoms with Crippen LogP contribution in [0.5, 0.6) is 5.75 Å². The third-order valence-corrected chi connectivity index (χ3v) is 6.62. The molecule has 6 nitrogen and oxygen atoms in total. The summed E-state index contributed by atoms with van der Waals surface area (Å²) in [7, 11) is 0. The average Bonchev–Trinajstić information content (AvgIpc) is 3.26. The van der Waals surface area contributed by atoms with Crippen LogP contribution in [0.25, 0.3) is 11.8 Å². The summed E-state index contributed by atoms with van der Waals surface area (Å²) in [6, 6.07) is 9.22. The lowest BCUT2D eigenvalue weighted by molar-refractivity contribution is -0.115. The van der Waals surface area contributed by atoms with Crippen LogP contribution in [-0.4, -0.2) is 25.7 Å². The molecule has 0 atom stereocenters. The predicted molar refractivity (Wildman–Crippen MR) is 119 cm³/mol. The van der Waals surface area contributed by atoms with Gasteiger partial charge >= 0.3 is 0 Å². The van der Waals surface area contributed by atoms with E-state index in [1.54, 1.807) is 12.1 Å². The SMILES string of the molecule is Cc1nc(/N=C2\NC(=O)/C(=C/c3cc(C)n(-c4ccccc4O)c3C)S2)sc1C. The van der Waals surface area contributed by atoms with E-state index in [1.165, 1.54) is 23.1 Å². The fourth-order valence-electron chi connectivity index (χ4n) is 3.17. The number of carbonyl (C=O) groups excluding carboxylic acids is 1. The van der Waals surface area contributed by atoms with Crippen molar-refractivity contribution in [1.82, 2.24) is 14.9 Å². The van der Waals surface area contributed by atoms with Crippen LogP contribution in [0.4, 0.5) is 5.13 Å². The zero-order chi connectivity index (χ0) is 20.7. The van der Waals surface area contributed by atoms with Gasteiger partial charge in [-0.1, -0.05) is 23.5 Å². The van der Waals surface area contributed by atoms with E-state index in [0.717, 1.165) is 27.5 Å². The van der Waals surface area contributed by atoms with Crippen LogP contribution < -0.4 is 5.32 Å². The highest BCUT2D eigenvalue weighted by molar-refractivity contribution is 8.18. The first kappa shape index (κ1) is 19.5. The Labute approximate surface area is 177 Å². The van der Waals surface area contributed by atoms with Crippen LogP contribution in [0.1, 0.15) is 27.5 Å². The molecule has 2 aromatic heterocycles. The van der Waals surface area contributed by atoms with Crippen molar-refractivity contribution in [2.45, 2.75) is 27.7 Å². The van der Waals surface area contributed by atoms with Gasteiger partial charge in [0, 0.05) is 16.3 Å². The molecule has 0 aliphatic carbocycles. The lowest BCUT2D eigenvalue weighted by Crippen LogP contribution is -2.19. The lowest BCUT2D eigenvalue weighted by Gasteiger charge is -2.11. The topological polar surface area (TPSA) is 79.5 Å². The van der Waals surface area contributed by atoms with Crippen molar-refractivity contribution in [2.24, 2.45) is 4.99 Å². The third kappa shape index (κ3) is 3.73. The molecule has 4 rings (SSSR count). The number of phenols is 1. The predicted octanol–water partition coefficient (Wildman–Crippen LogP) is 4.76. The van der Waals surface area contributed by atoms with Crippen molar-refractivity contribution in [3.63, 3.8) is 0 Å². The summed E-state index contributed by atoms with van der Waals surface area (Å²) in [6.45, 7) is 7.90. The lowest BCUT2D eigenvalue weighted by atomic mass is 10.2. The van der Waals surface area contributed by atoms with Crippen molar-refractivity contribution in [3.05, 3.63) is 62.8 Å². The van der Waals surface area contributed by atoms with Crippen LogP contribution >= 0.6 is 23.1 Å². The second-order valence-corrected chi connectivity index (χ2v) is 8.98. The van der Waals surface area contributed by atoms with Gasteiger partial charge in [0.15, 0.2) is 5.17 Å². The first-order valence-electron chi connectivity index (χ1n) is 9.04. The van der Waals surface area contributed by atoms with E-state index in [9.17, 15) is 9.90 Å². The monoisotopic (exact) mass is 424 g/mol. The maximum absolute atomic E-state index is 12.4. The van der Waals surface area contributed by atoms with Crippen molar-refractivity contribution in [3.8, 4) is 11.4 Å². The Kier molecular flexibility index (Phi) is 5.06. The van der Waals surface area contributed by atoms with Gasteiger partial charge in [0.1, 0.15) is 5.75 Å². The first-order valence-corrected chi connectivity index (χ1v) is 10.7. The van der Waals surface area contributed by atoms with Crippen molar-refractivity contribution >= 4 is 45.4 Å². The van der Waals surface area contributed by atoms with E-state index < -0.39 is 0 Å². The molecule has 1 amide bonds. The number of thioether (sulfide) groups is 1. The summed E-state index contributed by atoms with van der Waals surface area (Å²) >= 11 is 2.81. The van der Waals surface area contributed by atoms with Crippen LogP contribution in [0.15, 0.2) is 40.2 Å². The number of benzene rings is 1. The zero-order valence-electron chi connectivity index (χ0n) is 16.5. The fraction of sp³-hybridized carbons (Fsp3) is 0.190. The van der Waals surface area contributed by atoms with Gasteiger partial charge in [0.25, 0.3) is 5.91 Å². The molecule has 1 fully saturated rings. The summed E-state index contributed by atoms with van der Waals surface area (Å²) in [4.78, 5) is 23.0. The van der Waals surface area contributed by atoms with Gasteiger partial charge in [-0.05, 0) is 69.3 Å². The first-order chi connectivity index (χ1) is 13.8. The standard InChI is InChI=1S/C21H20N4O2S2/c1-11-9-15(13(3)25(11)16-7-5-6-8-17(16)26)10-18-19(27)23-21(29-18)24-20-22-12(2)14(4)28-20/h5-10,26H,1-4H3,(H,22,23,24,27)/b18-10-. The molecule has 0 unspecified atom stereocenters. The maximum atomic E-state index is 12.4. The van der Waals surface area contributed by atoms with E-state index in [-0.39, 0.29) is 11.7 Å². The molecular formula is C21H20N4O2S2. The average molecular weight is 425 g/mol. The van der Waals surface area contributed by atoms with Gasteiger partial charge in [-0.2, -0.15) is 4.99 Å². The highest BCUT2D eigenvalue weighted by Crippen LogP contribution is 2.33. The molecule has 0 spiro atoms. The number of amides is 1. The smallest absolute Gasteiger partial charge is 0.264 e. The number of para-hydroxylation sites is 2. The Morgan fingerprint density at radius 1 is 1.21 bits per heavy atom. The molecule has 0 radical (unpaired) electrons. The number of aromatic nitrogens is 2. The number of hydrogen-bond acceptors (Lipinski definition) is 6. The molecule has 0 bridgehead atoms. The van der Waals surface area contributed by atoms with Gasteiger partial charge in [0.2, 0.25) is 5.13 Å². The number of aliphatic imine (C=N–C) groups is 1. The molecule has 1 aromatic carbocycles. The van der Waals surface area contributed by atoms with E-state index >= 15 is 0 Å². The summed E-state index contributed by atoms with van der Waals surface area (Å²) in [5, 5.41) is 14.2. The number of aromatic hydroxyl groups is 1. The summed E-state index contributed by atoms with van der Waals surface area (Å²) in [6.07, 6.45) is 1.86. The van der Waals surface area contributed by atoms with Gasteiger partial charge in [-0.3, -0.25) is 4.79 Å². The van der Waals surface area contributed by atoms with Crippen molar-refractivity contribution in [1.29, 1.82) is 0 Å². The summed E-state index contributed by atoms with van der Waals surface area (Å²) in [5.74, 6) is 0.0380. The fourth-order valence-corrected chi connectivity index (χ4v) is 4.83. The number of nitrogens with zero attached hydrogens (tertiary/aromatic N) is 3. The maximum Gasteiger partial charge on any atom is 0.264 e. The zero-order valence-corrected chi connectivity index (χ0v) is 18.1. The third-order valence-electron chi connectivity index (χ3n) is 4.74. The highest BCUT2D eigenvalue weighted by atomic mass is 32.2. The van der Waals surface area contributed by atoms with Crippen LogP contribution in [-0.2, 0) is 4.79 Å². The summed E-state index contributed by atoms with van der Waals surface area (Å²) < 4.78 is 1.98. The second kappa shape index (κ2) is 7.53. The largest absolute Gasteiger partial charge is 0.506 e. The minimum absolute atomic E-state index is 0.175. The number of thiazole rings is 1. The van der Waals surface area contributed by atoms with Gasteiger partial charge in [0.05, 0.1) is 16.3 Å². The number of amidine groups is 1. The molecule has 148 valence electrons. The molecule has 1 aliphatic rings. The summed E-state index contributed by atoms with van der Waals surface area (Å²) in [5.41, 5.74) is 4.51. The van der Waals surface area contributed by atoms with E-state index in [2.05, 4.69) is 15.3 Å². The van der Waals surface area contributed by atoms with Gasteiger partial charge in [-0.15, -0.1) is 0 Å². The normalized spacial score (nSPS) is 16.8. The molecule has 29 heavy (non-hydrogen) atoms. The van der Waals surface area contributed by atoms with Crippen molar-refractivity contribution < 1.29 is 9.90 Å². The number of hydrogen-bond donors (Lipinski definition) is 2. The molecule has 0 saturated carbocycles. The Bertz CT molecular complexity index is 1170. The Morgan fingerprint density at radius 3 is 2.66 bits per heavy atom. The molecule has 1 aliphatic heterocycles. The minimum Gasteiger partial charge on any atom is -0.506 e. The Hall–Kier alpha value is -2.84. The number of nitrogens with one attached hydrogen (secondary N) is 1. The number of rotatable bonds is 3. The number of phenolic OH excluding ortho intramolecular Hbond substituents is 1. The number of aryl methyl sites for hydroxylation is 3. The molecule has 1 saturated heterocycles. The van der Waals surface area contributed by atoms with E-state index in [0.29, 0.717) is 20.9 Å². The minimum atomic E-state index is -0.175. The quantitative estimate of drug-likeness (QED) is 0.594. The number of carbonyl (C=O) groups is 1. The van der Waals surface area contributed by atoms with Crippen LogP contribution in [0.3, 0.4) is 0 Å². The molecule has 3 aromatic rings. The molecule has 8 heteroatoms. The molecule has 2 N–H and O–H groups in total.